The number of hydrogen-bond acceptors (Lipinski definition) is 6. The van der Waals surface area contributed by atoms with Gasteiger partial charge in [0.2, 0.25) is 0 Å². The largest absolute Gasteiger partial charge is 0.496 e. The molecule has 182 valence electrons. The van der Waals surface area contributed by atoms with Gasteiger partial charge in [-0.15, -0.1) is 0 Å². The minimum Gasteiger partial charge on any atom is -0.496 e. The number of hydrogen-bond donors (Lipinski definition) is 2. The molecule has 0 spiro atoms. The molecule has 0 radical (unpaired) electrons. The zero-order valence-corrected chi connectivity index (χ0v) is 20.2. The smallest absolute Gasteiger partial charge is 0.252 e. The van der Waals surface area contributed by atoms with Crippen molar-refractivity contribution in [3.8, 4) is 5.75 Å². The quantitative estimate of drug-likeness (QED) is 0.552. The van der Waals surface area contributed by atoms with Crippen LogP contribution >= 0.6 is 0 Å². The number of ether oxygens (including phenoxy) is 2. The number of rotatable bonds is 9. The number of carbonyl (C=O) groups is 2. The molecule has 2 atom stereocenters. The number of benzene rings is 1. The molecule has 2 aliphatic rings. The highest BCUT2D eigenvalue weighted by molar-refractivity contribution is 5.96. The van der Waals surface area contributed by atoms with Crippen molar-refractivity contribution >= 4 is 17.6 Å². The minimum atomic E-state index is -0.118. The maximum atomic E-state index is 13.0. The summed E-state index contributed by atoms with van der Waals surface area (Å²) in [7, 11) is 3.27. The summed E-state index contributed by atoms with van der Waals surface area (Å²) in [5.41, 5.74) is 2.08. The van der Waals surface area contributed by atoms with Crippen LogP contribution in [0.2, 0.25) is 0 Å². The summed E-state index contributed by atoms with van der Waals surface area (Å²) in [6.45, 7) is 3.11. The first-order chi connectivity index (χ1) is 16.5. The Labute approximate surface area is 201 Å². The van der Waals surface area contributed by atoms with Gasteiger partial charge in [0.15, 0.2) is 0 Å². The lowest BCUT2D eigenvalue weighted by Gasteiger charge is -2.40. The predicted molar refractivity (Wildman–Crippen MR) is 131 cm³/mol. The van der Waals surface area contributed by atoms with E-state index in [4.69, 9.17) is 9.47 Å². The van der Waals surface area contributed by atoms with Gasteiger partial charge in [0.1, 0.15) is 11.6 Å². The average Bonchev–Trinajstić information content (AvgIpc) is 3.12. The number of nitrogens with zero attached hydrogens (tertiary/aromatic N) is 2. The number of pyridine rings is 1. The Kier molecular flexibility index (Phi) is 7.67. The fourth-order valence-electron chi connectivity index (χ4n) is 5.21. The number of aromatic nitrogens is 1. The molecule has 1 aromatic carbocycles. The van der Waals surface area contributed by atoms with Crippen molar-refractivity contribution < 1.29 is 19.1 Å². The van der Waals surface area contributed by atoms with Crippen LogP contribution in [0.3, 0.4) is 0 Å². The van der Waals surface area contributed by atoms with Crippen LogP contribution < -0.4 is 20.3 Å². The lowest BCUT2D eigenvalue weighted by molar-refractivity contribution is 0.0923. The lowest BCUT2D eigenvalue weighted by Crippen LogP contribution is -2.50. The monoisotopic (exact) mass is 466 g/mol. The maximum absolute atomic E-state index is 13.0. The number of carbonyl (C=O) groups excluding carboxylic acids is 2. The van der Waals surface area contributed by atoms with Crippen LogP contribution in [0.4, 0.5) is 5.82 Å². The number of methoxy groups -OCH3 is 2. The molecule has 2 N–H and O–H groups in total. The van der Waals surface area contributed by atoms with Crippen LogP contribution in [0.1, 0.15) is 58.4 Å². The van der Waals surface area contributed by atoms with Gasteiger partial charge in [-0.25, -0.2) is 4.98 Å². The van der Waals surface area contributed by atoms with E-state index in [1.54, 1.807) is 20.4 Å². The Morgan fingerprint density at radius 3 is 2.50 bits per heavy atom. The van der Waals surface area contributed by atoms with Crippen LogP contribution in [-0.4, -0.2) is 62.3 Å². The molecule has 0 saturated carbocycles. The second-order valence-electron chi connectivity index (χ2n) is 9.07. The third kappa shape index (κ3) is 5.17. The van der Waals surface area contributed by atoms with Gasteiger partial charge >= 0.3 is 0 Å². The fourth-order valence-corrected chi connectivity index (χ4v) is 5.21. The van der Waals surface area contributed by atoms with Crippen LogP contribution in [-0.2, 0) is 4.74 Å². The van der Waals surface area contributed by atoms with Crippen molar-refractivity contribution in [2.45, 2.75) is 57.2 Å². The molecule has 2 fully saturated rings. The first-order valence-electron chi connectivity index (χ1n) is 12.0. The SMILES string of the molecule is COCCCNC(=O)c1ccc(N2C3CCC2CC(NC(=O)c2cccc(OC)c2C)C3)nc1. The van der Waals surface area contributed by atoms with Crippen molar-refractivity contribution in [1.29, 1.82) is 0 Å². The van der Waals surface area contributed by atoms with E-state index < -0.39 is 0 Å². The third-order valence-electron chi connectivity index (χ3n) is 6.90. The zero-order valence-electron chi connectivity index (χ0n) is 20.2. The van der Waals surface area contributed by atoms with E-state index in [1.165, 1.54) is 0 Å². The molecular weight excluding hydrogens is 432 g/mol. The van der Waals surface area contributed by atoms with E-state index in [-0.39, 0.29) is 17.9 Å². The highest BCUT2D eigenvalue weighted by Gasteiger charge is 2.41. The third-order valence-corrected chi connectivity index (χ3v) is 6.90. The molecule has 1 aromatic heterocycles. The molecule has 4 rings (SSSR count). The summed E-state index contributed by atoms with van der Waals surface area (Å²) >= 11 is 0. The highest BCUT2D eigenvalue weighted by Crippen LogP contribution is 2.38. The maximum Gasteiger partial charge on any atom is 0.252 e. The van der Waals surface area contributed by atoms with Gasteiger partial charge in [-0.05, 0) is 63.3 Å². The average molecular weight is 467 g/mol. The summed E-state index contributed by atoms with van der Waals surface area (Å²) in [4.78, 5) is 32.3. The predicted octanol–water partition coefficient (Wildman–Crippen LogP) is 3.09. The molecule has 0 aliphatic carbocycles. The number of anilines is 1. The van der Waals surface area contributed by atoms with Crippen molar-refractivity contribution in [2.75, 3.05) is 32.3 Å². The number of nitrogens with one attached hydrogen (secondary N) is 2. The molecule has 3 heterocycles. The lowest BCUT2D eigenvalue weighted by atomic mass is 9.96. The molecular formula is C26H34N4O4. The first-order valence-corrected chi connectivity index (χ1v) is 12.0. The van der Waals surface area contributed by atoms with Gasteiger partial charge in [-0.3, -0.25) is 9.59 Å². The molecule has 2 aromatic rings. The molecule has 2 aliphatic heterocycles. The molecule has 8 nitrogen and oxygen atoms in total. The Bertz CT molecular complexity index is 996. The molecule has 2 unspecified atom stereocenters. The number of fused-ring (bicyclic) bond motifs is 2. The second kappa shape index (κ2) is 10.9. The topological polar surface area (TPSA) is 92.8 Å². The molecule has 34 heavy (non-hydrogen) atoms. The second-order valence-corrected chi connectivity index (χ2v) is 9.07. The number of piperidine rings is 1. The van der Waals surface area contributed by atoms with Crippen molar-refractivity contribution in [3.05, 3.63) is 53.2 Å². The number of amides is 2. The molecule has 2 amide bonds. The Hall–Kier alpha value is -3.13. The normalized spacial score (nSPS) is 21.3. The molecule has 2 bridgehead atoms. The van der Waals surface area contributed by atoms with Gasteiger partial charge in [0.05, 0.1) is 12.7 Å². The summed E-state index contributed by atoms with van der Waals surface area (Å²) in [5.74, 6) is 1.46. The van der Waals surface area contributed by atoms with Gasteiger partial charge in [-0.2, -0.15) is 0 Å². The van der Waals surface area contributed by atoms with Crippen LogP contribution in [0.25, 0.3) is 0 Å². The Balaban J connectivity index is 1.36. The van der Waals surface area contributed by atoms with E-state index in [1.807, 2.05) is 37.3 Å². The Morgan fingerprint density at radius 1 is 1.09 bits per heavy atom. The highest BCUT2D eigenvalue weighted by atomic mass is 16.5. The molecule has 2 saturated heterocycles. The Morgan fingerprint density at radius 2 is 1.85 bits per heavy atom. The standard InChI is InChI=1S/C26H34N4O4/c1-17-22(6-4-7-23(17)34-3)26(32)29-19-14-20-9-10-21(15-19)30(20)24-11-8-18(16-28-24)25(31)27-12-5-13-33-2/h4,6-8,11,16,19-21H,5,9-10,12-15H2,1-3H3,(H,27,31)(H,29,32). The van der Waals surface area contributed by atoms with Gasteiger partial charge in [0.25, 0.3) is 11.8 Å². The van der Waals surface area contributed by atoms with E-state index in [9.17, 15) is 9.59 Å². The molecule has 8 heteroatoms. The summed E-state index contributed by atoms with van der Waals surface area (Å²) in [6, 6.07) is 10.1. The summed E-state index contributed by atoms with van der Waals surface area (Å²) < 4.78 is 10.4. The summed E-state index contributed by atoms with van der Waals surface area (Å²) in [5, 5.41) is 6.14. The summed E-state index contributed by atoms with van der Waals surface area (Å²) in [6.07, 6.45) is 6.36. The van der Waals surface area contributed by atoms with Crippen LogP contribution in [0.15, 0.2) is 36.5 Å². The minimum absolute atomic E-state index is 0.0479. The van der Waals surface area contributed by atoms with E-state index in [2.05, 4.69) is 20.5 Å². The van der Waals surface area contributed by atoms with Crippen LogP contribution in [0.5, 0.6) is 5.75 Å². The first kappa shape index (κ1) is 24.0. The van der Waals surface area contributed by atoms with Gasteiger partial charge in [0, 0.05) is 55.7 Å². The van der Waals surface area contributed by atoms with E-state index in [0.717, 1.165) is 49.2 Å². The van der Waals surface area contributed by atoms with Crippen molar-refractivity contribution in [2.24, 2.45) is 0 Å². The van der Waals surface area contributed by atoms with Gasteiger partial charge in [-0.1, -0.05) is 6.07 Å². The fraction of sp³-hybridized carbons (Fsp3) is 0.500. The van der Waals surface area contributed by atoms with Crippen LogP contribution in [0, 0.1) is 6.92 Å². The van der Waals surface area contributed by atoms with Crippen molar-refractivity contribution in [3.63, 3.8) is 0 Å². The van der Waals surface area contributed by atoms with Gasteiger partial charge < -0.3 is 25.0 Å². The van der Waals surface area contributed by atoms with Crippen molar-refractivity contribution in [1.82, 2.24) is 15.6 Å². The zero-order chi connectivity index (χ0) is 24.1. The van der Waals surface area contributed by atoms with E-state index in [0.29, 0.717) is 36.4 Å². The van der Waals surface area contributed by atoms with E-state index >= 15 is 0 Å².